The Bertz CT molecular complexity index is 720. The predicted octanol–water partition coefficient (Wildman–Crippen LogP) is 3.34. The summed E-state index contributed by atoms with van der Waals surface area (Å²) in [6, 6.07) is 6.27. The molecule has 2 nitrogen and oxygen atoms in total. The number of hydrogen-bond donors (Lipinski definition) is 0. The molecule has 6 heteroatoms. The third-order valence-corrected chi connectivity index (χ3v) is 2.56. The van der Waals surface area contributed by atoms with Gasteiger partial charge in [0.15, 0.2) is 23.3 Å². The van der Waals surface area contributed by atoms with Crippen molar-refractivity contribution in [1.82, 2.24) is 9.97 Å². The summed E-state index contributed by atoms with van der Waals surface area (Å²) < 4.78 is 53.1. The molecule has 0 spiro atoms. The Morgan fingerprint density at radius 2 is 1.00 bits per heavy atom. The molecule has 0 amide bonds. The Morgan fingerprint density at radius 1 is 0.611 bits per heavy atom. The molecular weight excluding hydrogens is 248 g/mol. The van der Waals surface area contributed by atoms with Crippen LogP contribution >= 0.6 is 0 Å². The van der Waals surface area contributed by atoms with E-state index in [-0.39, 0.29) is 11.0 Å². The van der Waals surface area contributed by atoms with Gasteiger partial charge < -0.3 is 0 Å². The molecule has 18 heavy (non-hydrogen) atoms. The van der Waals surface area contributed by atoms with E-state index in [1.165, 1.54) is 12.1 Å². The molecule has 0 unspecified atom stereocenters. The highest BCUT2D eigenvalue weighted by Gasteiger charge is 2.22. The summed E-state index contributed by atoms with van der Waals surface area (Å²) in [5.41, 5.74) is -0.696. The molecule has 0 fully saturated rings. The highest BCUT2D eigenvalue weighted by molar-refractivity contribution is 5.86. The van der Waals surface area contributed by atoms with E-state index >= 15 is 0 Å². The second-order valence-electron chi connectivity index (χ2n) is 3.67. The van der Waals surface area contributed by atoms with Crippen LogP contribution < -0.4 is 0 Å². The van der Waals surface area contributed by atoms with E-state index in [1.807, 2.05) is 0 Å². The first-order valence-electron chi connectivity index (χ1n) is 4.98. The van der Waals surface area contributed by atoms with Gasteiger partial charge in [0, 0.05) is 0 Å². The lowest BCUT2D eigenvalue weighted by atomic mass is 10.2. The molecule has 2 aromatic carbocycles. The molecule has 0 atom stereocenters. The van der Waals surface area contributed by atoms with Crippen LogP contribution in [0.1, 0.15) is 0 Å². The first-order chi connectivity index (χ1) is 8.59. The molecule has 0 aliphatic rings. The second-order valence-corrected chi connectivity index (χ2v) is 3.67. The number of hydrogen-bond acceptors (Lipinski definition) is 2. The summed E-state index contributed by atoms with van der Waals surface area (Å²) in [6.45, 7) is 0. The molecule has 0 radical (unpaired) electrons. The van der Waals surface area contributed by atoms with E-state index in [0.29, 0.717) is 0 Å². The SMILES string of the molecule is Fc1c(F)c(F)c2nc3ccccc3nc2c1F. The maximum absolute atomic E-state index is 13.5. The summed E-state index contributed by atoms with van der Waals surface area (Å²) in [7, 11) is 0. The molecule has 3 rings (SSSR count). The Balaban J connectivity index is 2.58. The zero-order valence-corrected chi connectivity index (χ0v) is 8.72. The van der Waals surface area contributed by atoms with E-state index in [0.717, 1.165) is 0 Å². The van der Waals surface area contributed by atoms with E-state index in [9.17, 15) is 17.6 Å². The average molecular weight is 252 g/mol. The molecular formula is C12H4F4N2. The molecule has 1 aromatic heterocycles. The summed E-state index contributed by atoms with van der Waals surface area (Å²) in [6.07, 6.45) is 0. The van der Waals surface area contributed by atoms with Crippen molar-refractivity contribution in [2.75, 3.05) is 0 Å². The van der Waals surface area contributed by atoms with Crippen molar-refractivity contribution in [1.29, 1.82) is 0 Å². The van der Waals surface area contributed by atoms with Gasteiger partial charge in [-0.1, -0.05) is 12.1 Å². The van der Waals surface area contributed by atoms with Crippen LogP contribution in [0.5, 0.6) is 0 Å². The van der Waals surface area contributed by atoms with Crippen LogP contribution in [0, 0.1) is 23.3 Å². The van der Waals surface area contributed by atoms with Crippen LogP contribution in [0.15, 0.2) is 24.3 Å². The summed E-state index contributed by atoms with van der Waals surface area (Å²) in [5, 5.41) is 0. The van der Waals surface area contributed by atoms with Crippen molar-refractivity contribution in [3.05, 3.63) is 47.5 Å². The van der Waals surface area contributed by atoms with Crippen molar-refractivity contribution in [2.45, 2.75) is 0 Å². The fraction of sp³-hybridized carbons (Fsp3) is 0. The number of benzene rings is 2. The van der Waals surface area contributed by atoms with E-state index in [2.05, 4.69) is 9.97 Å². The highest BCUT2D eigenvalue weighted by Crippen LogP contribution is 2.25. The Hall–Kier alpha value is -2.24. The molecule has 0 bridgehead atoms. The lowest BCUT2D eigenvalue weighted by Gasteiger charge is -2.04. The Morgan fingerprint density at radius 3 is 1.39 bits per heavy atom. The maximum Gasteiger partial charge on any atom is 0.199 e. The summed E-state index contributed by atoms with van der Waals surface area (Å²) in [4.78, 5) is 7.51. The van der Waals surface area contributed by atoms with Gasteiger partial charge in [-0.3, -0.25) is 0 Å². The van der Waals surface area contributed by atoms with Gasteiger partial charge in [0.1, 0.15) is 11.0 Å². The maximum atomic E-state index is 13.5. The fourth-order valence-electron chi connectivity index (χ4n) is 1.71. The van der Waals surface area contributed by atoms with Crippen molar-refractivity contribution >= 4 is 22.1 Å². The fourth-order valence-corrected chi connectivity index (χ4v) is 1.71. The molecule has 1 heterocycles. The molecule has 0 saturated heterocycles. The molecule has 90 valence electrons. The lowest BCUT2D eigenvalue weighted by molar-refractivity contribution is 0.416. The Kier molecular flexibility index (Phi) is 2.19. The lowest BCUT2D eigenvalue weighted by Crippen LogP contribution is -2.01. The standard InChI is InChI=1S/C12H4F4N2/c13-7-8(14)10(16)12-11(9(7)15)17-5-3-1-2-4-6(5)18-12/h1-4H. The molecule has 0 N–H and O–H groups in total. The van der Waals surface area contributed by atoms with Gasteiger partial charge in [0.25, 0.3) is 0 Å². The van der Waals surface area contributed by atoms with E-state index < -0.39 is 34.3 Å². The number of halogens is 4. The Labute approximate surface area is 97.9 Å². The van der Waals surface area contributed by atoms with E-state index in [1.54, 1.807) is 12.1 Å². The minimum absolute atomic E-state index is 0.273. The minimum Gasteiger partial charge on any atom is -0.241 e. The number of fused-ring (bicyclic) bond motifs is 2. The van der Waals surface area contributed by atoms with Crippen molar-refractivity contribution in [3.8, 4) is 0 Å². The van der Waals surface area contributed by atoms with Gasteiger partial charge in [0.2, 0.25) is 0 Å². The van der Waals surface area contributed by atoms with Crippen molar-refractivity contribution in [3.63, 3.8) is 0 Å². The highest BCUT2D eigenvalue weighted by atomic mass is 19.2. The minimum atomic E-state index is -1.88. The largest absolute Gasteiger partial charge is 0.241 e. The third kappa shape index (κ3) is 1.35. The predicted molar refractivity (Wildman–Crippen MR) is 56.9 cm³/mol. The van der Waals surface area contributed by atoms with Crippen LogP contribution in [0.2, 0.25) is 0 Å². The quantitative estimate of drug-likeness (QED) is 0.265. The van der Waals surface area contributed by atoms with Crippen LogP contribution in [-0.2, 0) is 0 Å². The topological polar surface area (TPSA) is 25.8 Å². The normalized spacial score (nSPS) is 11.3. The van der Waals surface area contributed by atoms with Crippen molar-refractivity contribution in [2.24, 2.45) is 0 Å². The number of para-hydroxylation sites is 2. The van der Waals surface area contributed by atoms with Gasteiger partial charge >= 0.3 is 0 Å². The van der Waals surface area contributed by atoms with Crippen molar-refractivity contribution < 1.29 is 17.6 Å². The van der Waals surface area contributed by atoms with Crippen LogP contribution in [0.25, 0.3) is 22.1 Å². The number of nitrogens with zero attached hydrogens (tertiary/aromatic N) is 2. The molecule has 0 aliphatic heterocycles. The van der Waals surface area contributed by atoms with Crippen LogP contribution in [0.3, 0.4) is 0 Å². The van der Waals surface area contributed by atoms with Crippen LogP contribution in [0.4, 0.5) is 17.6 Å². The van der Waals surface area contributed by atoms with Gasteiger partial charge in [-0.15, -0.1) is 0 Å². The number of rotatable bonds is 0. The van der Waals surface area contributed by atoms with Gasteiger partial charge in [0.05, 0.1) is 11.0 Å². The van der Waals surface area contributed by atoms with Gasteiger partial charge in [-0.05, 0) is 12.1 Å². The molecule has 3 aromatic rings. The summed E-state index contributed by atoms with van der Waals surface area (Å²) >= 11 is 0. The first-order valence-corrected chi connectivity index (χ1v) is 4.98. The second kappa shape index (κ2) is 3.63. The average Bonchev–Trinajstić information content (AvgIpc) is 2.41. The molecule has 0 saturated carbocycles. The molecule has 0 aliphatic carbocycles. The zero-order valence-electron chi connectivity index (χ0n) is 8.72. The van der Waals surface area contributed by atoms with Crippen LogP contribution in [-0.4, -0.2) is 9.97 Å². The zero-order chi connectivity index (χ0) is 12.9. The first kappa shape index (κ1) is 10.9. The van der Waals surface area contributed by atoms with E-state index in [4.69, 9.17) is 0 Å². The number of aromatic nitrogens is 2. The third-order valence-electron chi connectivity index (χ3n) is 2.56. The van der Waals surface area contributed by atoms with Gasteiger partial charge in [-0.25, -0.2) is 27.5 Å². The monoisotopic (exact) mass is 252 g/mol. The van der Waals surface area contributed by atoms with Gasteiger partial charge in [-0.2, -0.15) is 0 Å². The smallest absolute Gasteiger partial charge is 0.199 e. The summed E-state index contributed by atoms with van der Waals surface area (Å²) in [5.74, 6) is -6.85.